The molecule has 0 unspecified atom stereocenters. The zero-order chi connectivity index (χ0) is 28.5. The minimum Gasteiger partial charge on any atom is -0.456 e. The van der Waals surface area contributed by atoms with E-state index in [-0.39, 0.29) is 25.1 Å². The molecule has 0 spiro atoms. The van der Waals surface area contributed by atoms with Crippen LogP contribution in [-0.2, 0) is 28.5 Å². The standard InChI is InChI=1S/C28H23ClF4N4O4/c29-16-8-19-26(37-27(36-19)41-21-11-40-24-20(38)10-39-25(21)24)35-18(16)7-13-2-1-12-5-15(6-17(30)23(12)13)14-3-4-22(34-9-14)28(31,32)33/h3-6,8-9,13,20-21,24-25,38H,1-2,7,10-11H2,(H,35,36,37)/t13-,20-,21-,24-,25-/m1/s1. The van der Waals surface area contributed by atoms with Crippen molar-refractivity contribution in [3.05, 3.63) is 69.9 Å². The van der Waals surface area contributed by atoms with E-state index in [4.69, 9.17) is 25.8 Å². The topological polar surface area (TPSA) is 102 Å². The van der Waals surface area contributed by atoms with Gasteiger partial charge in [0.05, 0.1) is 29.4 Å². The van der Waals surface area contributed by atoms with Gasteiger partial charge >= 0.3 is 6.18 Å². The zero-order valence-corrected chi connectivity index (χ0v) is 22.0. The van der Waals surface area contributed by atoms with Gasteiger partial charge in [-0.05, 0) is 60.1 Å². The molecule has 13 heteroatoms. The number of benzene rings is 1. The Labute approximate surface area is 235 Å². The van der Waals surface area contributed by atoms with Gasteiger partial charge in [0.15, 0.2) is 11.8 Å². The first-order valence-electron chi connectivity index (χ1n) is 13.1. The van der Waals surface area contributed by atoms with Gasteiger partial charge in [-0.15, -0.1) is 0 Å². The van der Waals surface area contributed by atoms with Crippen LogP contribution in [0.25, 0.3) is 22.3 Å². The molecular weight excluding hydrogens is 568 g/mol. The van der Waals surface area contributed by atoms with E-state index < -0.39 is 42.1 Å². The number of aryl methyl sites for hydroxylation is 1. The predicted molar refractivity (Wildman–Crippen MR) is 138 cm³/mol. The maximum atomic E-state index is 15.4. The lowest BCUT2D eigenvalue weighted by atomic mass is 9.93. The normalized spacial score (nSPS) is 25.6. The highest BCUT2D eigenvalue weighted by Crippen LogP contribution is 2.41. The highest BCUT2D eigenvalue weighted by atomic mass is 35.5. The van der Waals surface area contributed by atoms with Crippen LogP contribution in [0.1, 0.15) is 34.9 Å². The molecule has 8 nitrogen and oxygen atoms in total. The fourth-order valence-corrected chi connectivity index (χ4v) is 6.20. The largest absolute Gasteiger partial charge is 0.456 e. The van der Waals surface area contributed by atoms with Crippen LogP contribution in [0, 0.1) is 5.82 Å². The maximum Gasteiger partial charge on any atom is 0.433 e. The fraction of sp³-hybridized carbons (Fsp3) is 0.393. The Morgan fingerprint density at radius 3 is 2.68 bits per heavy atom. The number of hydrogen-bond donors (Lipinski definition) is 2. The minimum atomic E-state index is -4.54. The lowest BCUT2D eigenvalue weighted by Crippen LogP contribution is -2.34. The molecule has 3 aliphatic rings. The monoisotopic (exact) mass is 590 g/mol. The van der Waals surface area contributed by atoms with Crippen molar-refractivity contribution in [1.82, 2.24) is 19.9 Å². The average Bonchev–Trinajstić information content (AvgIpc) is 3.70. The van der Waals surface area contributed by atoms with Gasteiger partial charge in [-0.2, -0.15) is 18.2 Å². The number of rotatable bonds is 5. The van der Waals surface area contributed by atoms with Gasteiger partial charge in [-0.3, -0.25) is 4.98 Å². The zero-order valence-electron chi connectivity index (χ0n) is 21.3. The summed E-state index contributed by atoms with van der Waals surface area (Å²) in [6.45, 7) is 0.445. The summed E-state index contributed by atoms with van der Waals surface area (Å²) < 4.78 is 71.2. The smallest absolute Gasteiger partial charge is 0.433 e. The number of H-pyrrole nitrogens is 1. The van der Waals surface area contributed by atoms with Gasteiger partial charge in [0.2, 0.25) is 0 Å². The molecule has 41 heavy (non-hydrogen) atoms. The Balaban J connectivity index is 1.10. The molecule has 0 radical (unpaired) electrons. The number of imidazole rings is 1. The van der Waals surface area contributed by atoms with E-state index in [0.29, 0.717) is 57.8 Å². The second kappa shape index (κ2) is 9.90. The van der Waals surface area contributed by atoms with Crippen molar-refractivity contribution < 1.29 is 36.9 Å². The Kier molecular flexibility index (Phi) is 6.42. The van der Waals surface area contributed by atoms with Crippen LogP contribution in [-0.4, -0.2) is 62.7 Å². The highest BCUT2D eigenvalue weighted by molar-refractivity contribution is 6.31. The van der Waals surface area contributed by atoms with Gasteiger partial charge < -0.3 is 24.3 Å². The summed E-state index contributed by atoms with van der Waals surface area (Å²) in [5.74, 6) is -0.607. The first-order chi connectivity index (χ1) is 19.6. The number of aromatic nitrogens is 4. The summed E-state index contributed by atoms with van der Waals surface area (Å²) in [4.78, 5) is 15.6. The van der Waals surface area contributed by atoms with Crippen molar-refractivity contribution in [3.8, 4) is 17.1 Å². The van der Waals surface area contributed by atoms with E-state index in [1.807, 2.05) is 6.07 Å². The van der Waals surface area contributed by atoms with E-state index in [1.165, 1.54) is 12.1 Å². The molecule has 7 rings (SSSR count). The molecule has 2 N–H and O–H groups in total. The predicted octanol–water partition coefficient (Wildman–Crippen LogP) is 5.01. The molecule has 1 aromatic carbocycles. The number of halogens is 5. The molecule has 5 heterocycles. The van der Waals surface area contributed by atoms with E-state index in [2.05, 4.69) is 19.9 Å². The molecule has 5 atom stereocenters. The molecule has 0 saturated carbocycles. The Bertz CT molecular complexity index is 1630. The number of nitrogens with zero attached hydrogens (tertiary/aromatic N) is 3. The van der Waals surface area contributed by atoms with Gasteiger partial charge in [-0.25, -0.2) is 9.37 Å². The maximum absolute atomic E-state index is 15.4. The van der Waals surface area contributed by atoms with Crippen LogP contribution in [0.2, 0.25) is 5.02 Å². The molecule has 0 amide bonds. The third-order valence-electron chi connectivity index (χ3n) is 7.94. The summed E-state index contributed by atoms with van der Waals surface area (Å²) in [7, 11) is 0. The van der Waals surface area contributed by atoms with E-state index in [9.17, 15) is 18.3 Å². The lowest BCUT2D eigenvalue weighted by molar-refractivity contribution is -0.141. The summed E-state index contributed by atoms with van der Waals surface area (Å²) in [5, 5.41) is 10.3. The second-order valence-corrected chi connectivity index (χ2v) is 11.0. The summed E-state index contributed by atoms with van der Waals surface area (Å²) >= 11 is 6.57. The van der Waals surface area contributed by atoms with Crippen LogP contribution in [0.15, 0.2) is 36.5 Å². The average molecular weight is 591 g/mol. The number of ether oxygens (including phenoxy) is 3. The highest BCUT2D eigenvalue weighted by Gasteiger charge is 2.48. The van der Waals surface area contributed by atoms with Crippen LogP contribution < -0.4 is 4.74 Å². The minimum absolute atomic E-state index is 0.180. The second-order valence-electron chi connectivity index (χ2n) is 10.6. The number of nitrogens with one attached hydrogen (secondary N) is 1. The van der Waals surface area contributed by atoms with Crippen LogP contribution >= 0.6 is 11.6 Å². The Hall–Kier alpha value is -3.32. The van der Waals surface area contributed by atoms with Gasteiger partial charge in [0.25, 0.3) is 6.01 Å². The van der Waals surface area contributed by atoms with E-state index >= 15 is 4.39 Å². The third kappa shape index (κ3) is 4.82. The summed E-state index contributed by atoms with van der Waals surface area (Å²) in [6, 6.07) is 7.26. The SMILES string of the molecule is O[C@@H]1CO[C@H]2[C@@H]1OC[C@H]2Oc1nc2nc(C[C@H]3CCc4cc(-c5ccc(C(F)(F)F)nc5)cc(F)c43)c(Cl)cc2[nH]1. The fourth-order valence-electron chi connectivity index (χ4n) is 5.97. The van der Waals surface area contributed by atoms with Gasteiger partial charge in [0.1, 0.15) is 29.8 Å². The van der Waals surface area contributed by atoms with Crippen LogP contribution in [0.4, 0.5) is 17.6 Å². The molecule has 3 aromatic heterocycles. The number of alkyl halides is 3. The van der Waals surface area contributed by atoms with E-state index in [0.717, 1.165) is 17.8 Å². The lowest BCUT2D eigenvalue weighted by Gasteiger charge is -2.15. The molecule has 0 bridgehead atoms. The van der Waals surface area contributed by atoms with Gasteiger partial charge in [-0.1, -0.05) is 23.7 Å². The first-order valence-corrected chi connectivity index (χ1v) is 13.5. The number of fused-ring (bicyclic) bond motifs is 3. The summed E-state index contributed by atoms with van der Waals surface area (Å²) in [6.07, 6.45) is -3.71. The molecule has 2 saturated heterocycles. The summed E-state index contributed by atoms with van der Waals surface area (Å²) in [5.41, 5.74) is 2.78. The van der Waals surface area contributed by atoms with Crippen molar-refractivity contribution in [3.63, 3.8) is 0 Å². The molecule has 2 aliphatic heterocycles. The number of aliphatic hydroxyl groups excluding tert-OH is 1. The number of pyridine rings is 2. The van der Waals surface area contributed by atoms with Crippen molar-refractivity contribution >= 4 is 22.8 Å². The quantitative estimate of drug-likeness (QED) is 0.315. The van der Waals surface area contributed by atoms with Crippen molar-refractivity contribution in [2.24, 2.45) is 0 Å². The number of aliphatic hydroxyl groups is 1. The van der Waals surface area contributed by atoms with E-state index in [1.54, 1.807) is 6.07 Å². The third-order valence-corrected chi connectivity index (χ3v) is 8.26. The Morgan fingerprint density at radius 1 is 1.07 bits per heavy atom. The molecule has 1 aliphatic carbocycles. The molecule has 4 aromatic rings. The molecular formula is C28H23ClF4N4O4. The first kappa shape index (κ1) is 26.6. The van der Waals surface area contributed by atoms with Crippen LogP contribution in [0.3, 0.4) is 0 Å². The molecule has 214 valence electrons. The number of hydrogen-bond acceptors (Lipinski definition) is 7. The van der Waals surface area contributed by atoms with Crippen molar-refractivity contribution in [2.75, 3.05) is 13.2 Å². The molecule has 2 fully saturated rings. The van der Waals surface area contributed by atoms with Crippen LogP contribution in [0.5, 0.6) is 6.01 Å². The Morgan fingerprint density at radius 2 is 1.90 bits per heavy atom. The van der Waals surface area contributed by atoms with Gasteiger partial charge in [0, 0.05) is 11.8 Å². The van der Waals surface area contributed by atoms with Crippen molar-refractivity contribution in [2.45, 2.75) is 55.8 Å². The number of aromatic amines is 1. The van der Waals surface area contributed by atoms with Crippen molar-refractivity contribution in [1.29, 1.82) is 0 Å².